The second-order valence-corrected chi connectivity index (χ2v) is 5.35. The number of anilines is 1. The number of hydrogen-bond donors (Lipinski definition) is 2. The molecule has 0 spiro atoms. The van der Waals surface area contributed by atoms with E-state index in [1.807, 2.05) is 6.92 Å². The fourth-order valence-electron chi connectivity index (χ4n) is 2.35. The Balaban J connectivity index is 1.94. The largest absolute Gasteiger partial charge is 0.392 e. The molecular weight excluding hydrogens is 214 g/mol. The smallest absolute Gasteiger partial charge is 0.222 e. The van der Waals surface area contributed by atoms with E-state index < -0.39 is 0 Å². The maximum Gasteiger partial charge on any atom is 0.222 e. The number of nitrogens with zero attached hydrogens (tertiary/aromatic N) is 2. The number of hydrogen-bond acceptors (Lipinski definition) is 4. The van der Waals surface area contributed by atoms with E-state index in [9.17, 15) is 5.11 Å². The number of aliphatic hydroxyl groups excluding tert-OH is 1. The normalized spacial score (nSPS) is 29.0. The summed E-state index contributed by atoms with van der Waals surface area (Å²) in [6, 6.07) is 0. The quantitative estimate of drug-likeness (QED) is 0.842. The molecule has 2 atom stereocenters. The molecule has 4 heteroatoms. The van der Waals surface area contributed by atoms with Crippen LogP contribution < -0.4 is 5.32 Å². The van der Waals surface area contributed by atoms with E-state index in [0.717, 1.165) is 31.4 Å². The first-order valence-electron chi connectivity index (χ1n) is 6.31. The molecular formula is C13H21N3O. The lowest BCUT2D eigenvalue weighted by Crippen LogP contribution is -2.41. The molecule has 0 saturated heterocycles. The van der Waals surface area contributed by atoms with Gasteiger partial charge in [-0.15, -0.1) is 0 Å². The predicted molar refractivity (Wildman–Crippen MR) is 67.8 cm³/mol. The van der Waals surface area contributed by atoms with E-state index in [2.05, 4.69) is 22.2 Å². The van der Waals surface area contributed by atoms with Crippen molar-refractivity contribution >= 4 is 5.95 Å². The van der Waals surface area contributed by atoms with Gasteiger partial charge in [0, 0.05) is 24.4 Å². The van der Waals surface area contributed by atoms with Gasteiger partial charge in [0.25, 0.3) is 0 Å². The predicted octanol–water partition coefficient (Wildman–Crippen LogP) is 2.14. The molecule has 1 saturated carbocycles. The average molecular weight is 235 g/mol. The van der Waals surface area contributed by atoms with Crippen LogP contribution in [-0.2, 0) is 0 Å². The molecule has 4 nitrogen and oxygen atoms in total. The van der Waals surface area contributed by atoms with Crippen LogP contribution in [0.5, 0.6) is 0 Å². The van der Waals surface area contributed by atoms with Gasteiger partial charge in [-0.3, -0.25) is 0 Å². The van der Waals surface area contributed by atoms with E-state index in [4.69, 9.17) is 0 Å². The summed E-state index contributed by atoms with van der Waals surface area (Å²) >= 11 is 0. The second kappa shape index (κ2) is 5.00. The lowest BCUT2D eigenvalue weighted by Gasteiger charge is -2.38. The molecule has 1 aromatic rings. The maximum absolute atomic E-state index is 10.1. The third-order valence-electron chi connectivity index (χ3n) is 3.71. The summed E-state index contributed by atoms with van der Waals surface area (Å²) in [6.45, 7) is 4.84. The average Bonchev–Trinajstić information content (AvgIpc) is 2.33. The van der Waals surface area contributed by atoms with Crippen molar-refractivity contribution in [2.24, 2.45) is 5.41 Å². The molecule has 1 aromatic heterocycles. The summed E-state index contributed by atoms with van der Waals surface area (Å²) < 4.78 is 0. The Bertz CT molecular complexity index is 365. The van der Waals surface area contributed by atoms with Gasteiger partial charge in [-0.05, 0) is 25.3 Å². The van der Waals surface area contributed by atoms with Gasteiger partial charge in [0.05, 0.1) is 6.10 Å². The number of aryl methyl sites for hydroxylation is 1. The van der Waals surface area contributed by atoms with Crippen molar-refractivity contribution in [1.82, 2.24) is 9.97 Å². The third-order valence-corrected chi connectivity index (χ3v) is 3.71. The molecule has 0 aromatic carbocycles. The summed E-state index contributed by atoms with van der Waals surface area (Å²) in [5.74, 6) is 0.648. The molecule has 0 radical (unpaired) electrons. The van der Waals surface area contributed by atoms with Crippen LogP contribution in [0, 0.1) is 12.3 Å². The summed E-state index contributed by atoms with van der Waals surface area (Å²) in [5, 5.41) is 13.3. The fourth-order valence-corrected chi connectivity index (χ4v) is 2.35. The van der Waals surface area contributed by atoms with Gasteiger partial charge in [-0.2, -0.15) is 0 Å². The van der Waals surface area contributed by atoms with Crippen molar-refractivity contribution in [2.45, 2.75) is 45.6 Å². The van der Waals surface area contributed by atoms with Crippen molar-refractivity contribution in [3.63, 3.8) is 0 Å². The van der Waals surface area contributed by atoms with Crippen molar-refractivity contribution in [2.75, 3.05) is 11.9 Å². The van der Waals surface area contributed by atoms with Gasteiger partial charge in [-0.25, -0.2) is 9.97 Å². The van der Waals surface area contributed by atoms with Crippen LogP contribution in [0.4, 0.5) is 5.95 Å². The van der Waals surface area contributed by atoms with Crippen molar-refractivity contribution in [3.8, 4) is 0 Å². The SMILES string of the molecule is Cc1cnc(NCC2(C)CCCCC2O)nc1. The number of nitrogens with one attached hydrogen (secondary N) is 1. The molecule has 1 heterocycles. The van der Waals surface area contributed by atoms with Crippen molar-refractivity contribution < 1.29 is 5.11 Å². The summed E-state index contributed by atoms with van der Waals surface area (Å²) in [7, 11) is 0. The molecule has 2 rings (SSSR count). The summed E-state index contributed by atoms with van der Waals surface area (Å²) in [6.07, 6.45) is 7.69. The van der Waals surface area contributed by atoms with Crippen LogP contribution in [0.3, 0.4) is 0 Å². The van der Waals surface area contributed by atoms with E-state index in [0.29, 0.717) is 5.95 Å². The first-order valence-corrected chi connectivity index (χ1v) is 6.31. The van der Waals surface area contributed by atoms with Crippen LogP contribution in [0.25, 0.3) is 0 Å². The maximum atomic E-state index is 10.1. The molecule has 17 heavy (non-hydrogen) atoms. The highest BCUT2D eigenvalue weighted by Gasteiger charge is 2.35. The summed E-state index contributed by atoms with van der Waals surface area (Å²) in [4.78, 5) is 8.43. The Kier molecular flexibility index (Phi) is 3.62. The zero-order chi connectivity index (χ0) is 12.3. The van der Waals surface area contributed by atoms with Gasteiger partial charge in [0.2, 0.25) is 5.95 Å². The molecule has 1 aliphatic carbocycles. The second-order valence-electron chi connectivity index (χ2n) is 5.35. The molecule has 1 fully saturated rings. The van der Waals surface area contributed by atoms with Crippen molar-refractivity contribution in [1.29, 1.82) is 0 Å². The van der Waals surface area contributed by atoms with E-state index >= 15 is 0 Å². The number of aliphatic hydroxyl groups is 1. The number of rotatable bonds is 3. The molecule has 94 valence electrons. The minimum absolute atomic E-state index is 0.0491. The first-order chi connectivity index (χ1) is 8.10. The van der Waals surface area contributed by atoms with Crippen molar-refractivity contribution in [3.05, 3.63) is 18.0 Å². The van der Waals surface area contributed by atoms with Crippen LogP contribution in [-0.4, -0.2) is 27.7 Å². The standard InChI is InChI=1S/C13H21N3O/c1-10-7-14-12(15-8-10)16-9-13(2)6-4-3-5-11(13)17/h7-8,11,17H,3-6,9H2,1-2H3,(H,14,15,16). The first kappa shape index (κ1) is 12.3. The zero-order valence-electron chi connectivity index (χ0n) is 10.6. The zero-order valence-corrected chi connectivity index (χ0v) is 10.6. The van der Waals surface area contributed by atoms with Gasteiger partial charge >= 0.3 is 0 Å². The Hall–Kier alpha value is -1.16. The van der Waals surface area contributed by atoms with Gasteiger partial charge in [-0.1, -0.05) is 19.8 Å². The molecule has 0 amide bonds. The van der Waals surface area contributed by atoms with Gasteiger partial charge in [0.15, 0.2) is 0 Å². The Morgan fingerprint density at radius 2 is 2.12 bits per heavy atom. The molecule has 2 N–H and O–H groups in total. The molecule has 2 unspecified atom stereocenters. The van der Waals surface area contributed by atoms with Crippen LogP contribution in [0.15, 0.2) is 12.4 Å². The highest BCUT2D eigenvalue weighted by molar-refractivity contribution is 5.25. The van der Waals surface area contributed by atoms with Crippen LogP contribution >= 0.6 is 0 Å². The minimum atomic E-state index is -0.214. The topological polar surface area (TPSA) is 58.0 Å². The van der Waals surface area contributed by atoms with Crippen LogP contribution in [0.2, 0.25) is 0 Å². The lowest BCUT2D eigenvalue weighted by atomic mass is 9.73. The molecule has 1 aliphatic rings. The Morgan fingerprint density at radius 3 is 2.76 bits per heavy atom. The molecule has 0 bridgehead atoms. The van der Waals surface area contributed by atoms with E-state index in [1.54, 1.807) is 12.4 Å². The highest BCUT2D eigenvalue weighted by Crippen LogP contribution is 2.35. The highest BCUT2D eigenvalue weighted by atomic mass is 16.3. The summed E-state index contributed by atoms with van der Waals surface area (Å²) in [5.41, 5.74) is 1.01. The Morgan fingerprint density at radius 1 is 1.41 bits per heavy atom. The lowest BCUT2D eigenvalue weighted by molar-refractivity contribution is 0.00953. The number of aromatic nitrogens is 2. The monoisotopic (exact) mass is 235 g/mol. The molecule has 0 aliphatic heterocycles. The van der Waals surface area contributed by atoms with Gasteiger partial charge in [0.1, 0.15) is 0 Å². The van der Waals surface area contributed by atoms with Gasteiger partial charge < -0.3 is 10.4 Å². The van der Waals surface area contributed by atoms with E-state index in [1.165, 1.54) is 6.42 Å². The minimum Gasteiger partial charge on any atom is -0.392 e. The van der Waals surface area contributed by atoms with Crippen LogP contribution in [0.1, 0.15) is 38.2 Å². The Labute approximate surface area is 102 Å². The third kappa shape index (κ3) is 2.94. The van der Waals surface area contributed by atoms with E-state index in [-0.39, 0.29) is 11.5 Å². The fraction of sp³-hybridized carbons (Fsp3) is 0.692.